The molecule has 1 atom stereocenters. The van der Waals surface area contributed by atoms with Gasteiger partial charge in [0.1, 0.15) is 0 Å². The zero-order chi connectivity index (χ0) is 20.8. The molecular weight excluding hydrogens is 450 g/mol. The normalized spacial score (nSPS) is 16.2. The molecule has 3 rings (SSSR count). The van der Waals surface area contributed by atoms with Gasteiger partial charge in [-0.2, -0.15) is 5.26 Å². The molecule has 7 heteroatoms. The van der Waals surface area contributed by atoms with Crippen molar-refractivity contribution in [2.24, 2.45) is 0 Å². The van der Waals surface area contributed by atoms with Gasteiger partial charge in [0.25, 0.3) is 0 Å². The molecule has 148 valence electrons. The Bertz CT molecular complexity index is 996. The molecule has 1 heterocycles. The molecule has 2 amide bonds. The maximum atomic E-state index is 12.3. The maximum Gasteiger partial charge on any atom is 0.234 e. The standard InChI is InChI=1S/C22H20BrN3O2S/c1-2-14-6-8-17(9-7-14)25-21(28)13-29-22-19(12-24)18(11-20(27)26-22)15-4-3-5-16(23)10-15/h3-10,18H,2,11,13H2,1H3,(H,25,28)(H,26,27)/t18-/m0/s1. The number of nitrogens with one attached hydrogen (secondary N) is 2. The van der Waals surface area contributed by atoms with Gasteiger partial charge in [0.2, 0.25) is 11.8 Å². The van der Waals surface area contributed by atoms with Gasteiger partial charge in [0.15, 0.2) is 0 Å². The topological polar surface area (TPSA) is 82.0 Å². The number of carbonyl (C=O) groups is 2. The first-order valence-corrected chi connectivity index (χ1v) is 11.0. The average molecular weight is 470 g/mol. The molecule has 2 N–H and O–H groups in total. The molecule has 0 aromatic heterocycles. The molecule has 0 unspecified atom stereocenters. The molecule has 0 spiro atoms. The predicted octanol–water partition coefficient (Wildman–Crippen LogP) is 4.72. The number of allylic oxidation sites excluding steroid dienone is 1. The summed E-state index contributed by atoms with van der Waals surface area (Å²) in [5, 5.41) is 15.8. The molecule has 0 radical (unpaired) electrons. The van der Waals surface area contributed by atoms with Gasteiger partial charge >= 0.3 is 0 Å². The van der Waals surface area contributed by atoms with Crippen molar-refractivity contribution in [2.45, 2.75) is 25.7 Å². The van der Waals surface area contributed by atoms with Crippen LogP contribution in [0.3, 0.4) is 0 Å². The molecule has 1 aliphatic rings. The lowest BCUT2D eigenvalue weighted by molar-refractivity contribution is -0.121. The molecule has 0 aliphatic carbocycles. The van der Waals surface area contributed by atoms with Crippen LogP contribution < -0.4 is 10.6 Å². The van der Waals surface area contributed by atoms with Crippen LogP contribution in [0.1, 0.15) is 30.4 Å². The van der Waals surface area contributed by atoms with Crippen LogP contribution in [0.4, 0.5) is 5.69 Å². The van der Waals surface area contributed by atoms with Gasteiger partial charge in [-0.25, -0.2) is 0 Å². The lowest BCUT2D eigenvalue weighted by Gasteiger charge is -2.25. The Balaban J connectivity index is 1.72. The van der Waals surface area contributed by atoms with E-state index in [4.69, 9.17) is 0 Å². The maximum absolute atomic E-state index is 12.3. The Morgan fingerprint density at radius 3 is 2.72 bits per heavy atom. The first kappa shape index (κ1) is 21.2. The Labute approximate surface area is 182 Å². The van der Waals surface area contributed by atoms with Gasteiger partial charge in [0, 0.05) is 22.5 Å². The van der Waals surface area contributed by atoms with Gasteiger partial charge < -0.3 is 10.6 Å². The van der Waals surface area contributed by atoms with Crippen LogP contribution in [0.15, 0.2) is 63.6 Å². The van der Waals surface area contributed by atoms with E-state index in [0.29, 0.717) is 10.6 Å². The molecule has 2 aromatic rings. The van der Waals surface area contributed by atoms with E-state index in [-0.39, 0.29) is 29.9 Å². The number of nitrogens with zero attached hydrogens (tertiary/aromatic N) is 1. The quantitative estimate of drug-likeness (QED) is 0.640. The summed E-state index contributed by atoms with van der Waals surface area (Å²) in [5.41, 5.74) is 3.30. The SMILES string of the molecule is CCc1ccc(NC(=O)CSC2=C(C#N)[C@H](c3cccc(Br)c3)CC(=O)N2)cc1. The van der Waals surface area contributed by atoms with Gasteiger partial charge in [-0.05, 0) is 41.8 Å². The smallest absolute Gasteiger partial charge is 0.234 e. The van der Waals surface area contributed by atoms with Crippen molar-refractivity contribution in [3.63, 3.8) is 0 Å². The average Bonchev–Trinajstić information content (AvgIpc) is 2.72. The van der Waals surface area contributed by atoms with Crippen molar-refractivity contribution in [2.75, 3.05) is 11.1 Å². The number of benzene rings is 2. The van der Waals surface area contributed by atoms with E-state index in [0.717, 1.165) is 22.1 Å². The van der Waals surface area contributed by atoms with Crippen LogP contribution >= 0.6 is 27.7 Å². The van der Waals surface area contributed by atoms with Gasteiger partial charge in [-0.1, -0.05) is 58.9 Å². The second-order valence-electron chi connectivity index (χ2n) is 6.60. The lowest BCUT2D eigenvalue weighted by Crippen LogP contribution is -2.31. The van der Waals surface area contributed by atoms with E-state index in [1.807, 2.05) is 48.5 Å². The van der Waals surface area contributed by atoms with E-state index < -0.39 is 0 Å². The summed E-state index contributed by atoms with van der Waals surface area (Å²) in [4.78, 5) is 24.5. The summed E-state index contributed by atoms with van der Waals surface area (Å²) >= 11 is 4.61. The first-order chi connectivity index (χ1) is 14.0. The third kappa shape index (κ3) is 5.49. The third-order valence-corrected chi connectivity index (χ3v) is 6.11. The van der Waals surface area contributed by atoms with Crippen LogP contribution in [-0.2, 0) is 16.0 Å². The number of aryl methyl sites for hydroxylation is 1. The van der Waals surface area contributed by atoms with E-state index in [1.54, 1.807) is 0 Å². The van der Waals surface area contributed by atoms with Crippen LogP contribution in [-0.4, -0.2) is 17.6 Å². The Morgan fingerprint density at radius 2 is 2.07 bits per heavy atom. The van der Waals surface area contributed by atoms with Gasteiger partial charge in [0.05, 0.1) is 22.4 Å². The lowest BCUT2D eigenvalue weighted by atomic mass is 9.87. The minimum Gasteiger partial charge on any atom is -0.325 e. The molecule has 0 saturated heterocycles. The minimum atomic E-state index is -0.321. The summed E-state index contributed by atoms with van der Waals surface area (Å²) < 4.78 is 0.890. The highest BCUT2D eigenvalue weighted by atomic mass is 79.9. The van der Waals surface area contributed by atoms with E-state index in [2.05, 4.69) is 39.6 Å². The Hall–Kier alpha value is -2.56. The van der Waals surface area contributed by atoms with Crippen molar-refractivity contribution in [3.05, 3.63) is 74.7 Å². The highest BCUT2D eigenvalue weighted by Gasteiger charge is 2.30. The van der Waals surface area contributed by atoms with Crippen LogP contribution in [0.5, 0.6) is 0 Å². The van der Waals surface area contributed by atoms with Crippen molar-refractivity contribution in [1.29, 1.82) is 5.26 Å². The summed E-state index contributed by atoms with van der Waals surface area (Å²) in [6.07, 6.45) is 1.15. The number of nitriles is 1. The largest absolute Gasteiger partial charge is 0.325 e. The fraction of sp³-hybridized carbons (Fsp3) is 0.227. The highest BCUT2D eigenvalue weighted by molar-refractivity contribution is 9.10. The zero-order valence-corrected chi connectivity index (χ0v) is 18.3. The fourth-order valence-electron chi connectivity index (χ4n) is 3.10. The number of thioether (sulfide) groups is 1. The number of amides is 2. The minimum absolute atomic E-state index is 0.0987. The Kier molecular flexibility index (Phi) is 7.13. The number of hydrogen-bond donors (Lipinski definition) is 2. The van der Waals surface area contributed by atoms with Crippen LogP contribution in [0, 0.1) is 11.3 Å². The van der Waals surface area contributed by atoms with Crippen LogP contribution in [0.2, 0.25) is 0 Å². The summed E-state index contributed by atoms with van der Waals surface area (Å²) in [5.74, 6) is -0.574. The first-order valence-electron chi connectivity index (χ1n) is 9.21. The number of anilines is 1. The summed E-state index contributed by atoms with van der Waals surface area (Å²) in [7, 11) is 0. The summed E-state index contributed by atoms with van der Waals surface area (Å²) in [6, 6.07) is 17.5. The zero-order valence-electron chi connectivity index (χ0n) is 15.9. The fourth-order valence-corrected chi connectivity index (χ4v) is 4.39. The number of carbonyl (C=O) groups excluding carboxylic acids is 2. The predicted molar refractivity (Wildman–Crippen MR) is 119 cm³/mol. The molecule has 0 saturated carbocycles. The van der Waals surface area contributed by atoms with Crippen molar-refractivity contribution >= 4 is 45.2 Å². The monoisotopic (exact) mass is 469 g/mol. The molecule has 0 fully saturated rings. The number of rotatable bonds is 6. The van der Waals surface area contributed by atoms with Crippen molar-refractivity contribution in [1.82, 2.24) is 5.32 Å². The number of hydrogen-bond acceptors (Lipinski definition) is 4. The van der Waals surface area contributed by atoms with Gasteiger partial charge in [-0.3, -0.25) is 9.59 Å². The van der Waals surface area contributed by atoms with Crippen molar-refractivity contribution in [3.8, 4) is 6.07 Å². The second-order valence-corrected chi connectivity index (χ2v) is 8.50. The van der Waals surface area contributed by atoms with E-state index in [1.165, 1.54) is 17.3 Å². The Morgan fingerprint density at radius 1 is 1.31 bits per heavy atom. The van der Waals surface area contributed by atoms with Crippen molar-refractivity contribution < 1.29 is 9.59 Å². The molecular formula is C22H20BrN3O2S. The summed E-state index contributed by atoms with van der Waals surface area (Å²) in [6.45, 7) is 2.07. The van der Waals surface area contributed by atoms with E-state index in [9.17, 15) is 14.9 Å². The molecule has 0 bridgehead atoms. The van der Waals surface area contributed by atoms with Crippen LogP contribution in [0.25, 0.3) is 0 Å². The molecule has 2 aromatic carbocycles. The second kappa shape index (κ2) is 9.77. The third-order valence-electron chi connectivity index (χ3n) is 4.60. The molecule has 1 aliphatic heterocycles. The number of halogens is 1. The molecule has 29 heavy (non-hydrogen) atoms. The molecule has 5 nitrogen and oxygen atoms in total. The highest BCUT2D eigenvalue weighted by Crippen LogP contribution is 2.36. The van der Waals surface area contributed by atoms with E-state index >= 15 is 0 Å². The van der Waals surface area contributed by atoms with Gasteiger partial charge in [-0.15, -0.1) is 0 Å².